The van der Waals surface area contributed by atoms with Crippen molar-refractivity contribution in [3.05, 3.63) is 35.2 Å². The molecule has 0 radical (unpaired) electrons. The van der Waals surface area contributed by atoms with Crippen LogP contribution in [0, 0.1) is 0 Å². The minimum absolute atomic E-state index is 0.0607. The number of carbonyl (C=O) groups excluding carboxylic acids is 1. The van der Waals surface area contributed by atoms with Crippen LogP contribution >= 0.6 is 11.3 Å². The molecule has 1 aromatic carbocycles. The van der Waals surface area contributed by atoms with Crippen LogP contribution in [0.5, 0.6) is 0 Å². The average molecular weight is 220 g/mol. The third-order valence-electron chi connectivity index (χ3n) is 2.43. The Morgan fingerprint density at radius 3 is 3.07 bits per heavy atom. The standard InChI is InChI=1S/C11H8O3S/c12-11-10(13-6-14-11)8-1-2-9-7(5-8)3-4-15-9/h1-5,10H,6H2. The monoisotopic (exact) mass is 220 g/mol. The normalized spacial score (nSPS) is 20.8. The van der Waals surface area contributed by atoms with Crippen molar-refractivity contribution in [3.8, 4) is 0 Å². The highest BCUT2D eigenvalue weighted by Gasteiger charge is 2.29. The molecule has 1 aliphatic heterocycles. The van der Waals surface area contributed by atoms with Gasteiger partial charge in [0.15, 0.2) is 12.9 Å². The molecule has 1 saturated heterocycles. The molecule has 0 amide bonds. The van der Waals surface area contributed by atoms with Crippen LogP contribution in [0.15, 0.2) is 29.6 Å². The Balaban J connectivity index is 2.06. The number of rotatable bonds is 1. The van der Waals surface area contributed by atoms with Crippen LogP contribution in [0.2, 0.25) is 0 Å². The summed E-state index contributed by atoms with van der Waals surface area (Å²) in [6, 6.07) is 7.92. The molecule has 76 valence electrons. The zero-order chi connectivity index (χ0) is 10.3. The molecule has 1 atom stereocenters. The molecule has 2 aromatic rings. The van der Waals surface area contributed by atoms with Crippen LogP contribution in [0.25, 0.3) is 10.1 Å². The number of carbonyl (C=O) groups is 1. The molecule has 3 nitrogen and oxygen atoms in total. The Bertz CT molecular complexity index is 517. The molecule has 1 aliphatic rings. The molecule has 0 spiro atoms. The van der Waals surface area contributed by atoms with Gasteiger partial charge in [-0.2, -0.15) is 0 Å². The minimum Gasteiger partial charge on any atom is -0.436 e. The van der Waals surface area contributed by atoms with Crippen molar-refractivity contribution in [3.63, 3.8) is 0 Å². The Labute approximate surface area is 90.2 Å². The van der Waals surface area contributed by atoms with Gasteiger partial charge in [0.1, 0.15) is 0 Å². The first-order valence-electron chi connectivity index (χ1n) is 4.60. The first-order chi connectivity index (χ1) is 7.34. The fourth-order valence-corrected chi connectivity index (χ4v) is 2.46. The third-order valence-corrected chi connectivity index (χ3v) is 3.33. The molecule has 0 aliphatic carbocycles. The van der Waals surface area contributed by atoms with Crippen LogP contribution in [0.4, 0.5) is 0 Å². The zero-order valence-corrected chi connectivity index (χ0v) is 8.62. The molecule has 15 heavy (non-hydrogen) atoms. The van der Waals surface area contributed by atoms with Crippen LogP contribution in [0.3, 0.4) is 0 Å². The highest BCUT2D eigenvalue weighted by molar-refractivity contribution is 7.17. The van der Waals surface area contributed by atoms with E-state index in [1.807, 2.05) is 29.6 Å². The number of hydrogen-bond acceptors (Lipinski definition) is 4. The summed E-state index contributed by atoms with van der Waals surface area (Å²) in [5.74, 6) is -0.301. The summed E-state index contributed by atoms with van der Waals surface area (Å²) < 4.78 is 11.2. The van der Waals surface area contributed by atoms with Crippen LogP contribution in [-0.2, 0) is 14.3 Å². The summed E-state index contributed by atoms with van der Waals surface area (Å²) >= 11 is 1.68. The second-order valence-corrected chi connectivity index (χ2v) is 4.29. The van der Waals surface area contributed by atoms with E-state index in [1.165, 1.54) is 4.70 Å². The zero-order valence-electron chi connectivity index (χ0n) is 7.80. The van der Waals surface area contributed by atoms with E-state index in [1.54, 1.807) is 11.3 Å². The summed E-state index contributed by atoms with van der Waals surface area (Å²) in [5.41, 5.74) is 0.864. The van der Waals surface area contributed by atoms with E-state index < -0.39 is 6.10 Å². The number of thiophene rings is 1. The molecule has 0 saturated carbocycles. The van der Waals surface area contributed by atoms with Crippen molar-refractivity contribution in [1.82, 2.24) is 0 Å². The van der Waals surface area contributed by atoms with E-state index in [-0.39, 0.29) is 12.8 Å². The minimum atomic E-state index is -0.547. The summed E-state index contributed by atoms with van der Waals surface area (Å²) in [7, 11) is 0. The predicted octanol–water partition coefficient (Wildman–Crippen LogP) is 2.47. The van der Waals surface area contributed by atoms with E-state index in [0.29, 0.717) is 0 Å². The Morgan fingerprint density at radius 2 is 2.27 bits per heavy atom. The molecule has 2 heterocycles. The largest absolute Gasteiger partial charge is 0.436 e. The SMILES string of the molecule is O=C1OCOC1c1ccc2sccc2c1. The lowest BCUT2D eigenvalue weighted by Crippen LogP contribution is -2.06. The summed E-state index contributed by atoms with van der Waals surface area (Å²) in [6.07, 6.45) is -0.547. The topological polar surface area (TPSA) is 35.5 Å². The molecular weight excluding hydrogens is 212 g/mol. The number of fused-ring (bicyclic) bond motifs is 1. The van der Waals surface area contributed by atoms with E-state index in [2.05, 4.69) is 0 Å². The second-order valence-electron chi connectivity index (χ2n) is 3.35. The van der Waals surface area contributed by atoms with Gasteiger partial charge in [-0.05, 0) is 34.5 Å². The highest BCUT2D eigenvalue weighted by atomic mass is 32.1. The molecule has 4 heteroatoms. The van der Waals surface area contributed by atoms with Crippen molar-refractivity contribution >= 4 is 27.4 Å². The van der Waals surface area contributed by atoms with Crippen molar-refractivity contribution in [2.24, 2.45) is 0 Å². The number of benzene rings is 1. The molecule has 1 unspecified atom stereocenters. The van der Waals surface area contributed by atoms with Crippen molar-refractivity contribution in [2.75, 3.05) is 6.79 Å². The van der Waals surface area contributed by atoms with Gasteiger partial charge in [0.05, 0.1) is 0 Å². The van der Waals surface area contributed by atoms with E-state index >= 15 is 0 Å². The number of cyclic esters (lactones) is 1. The van der Waals surface area contributed by atoms with Gasteiger partial charge in [0, 0.05) is 4.70 Å². The van der Waals surface area contributed by atoms with Gasteiger partial charge < -0.3 is 9.47 Å². The Kier molecular flexibility index (Phi) is 1.97. The van der Waals surface area contributed by atoms with Crippen molar-refractivity contribution < 1.29 is 14.3 Å². The van der Waals surface area contributed by atoms with Crippen molar-refractivity contribution in [2.45, 2.75) is 6.10 Å². The summed E-state index contributed by atoms with van der Waals surface area (Å²) in [4.78, 5) is 11.3. The smallest absolute Gasteiger partial charge is 0.342 e. The lowest BCUT2D eigenvalue weighted by molar-refractivity contribution is -0.139. The third kappa shape index (κ3) is 1.42. The number of ether oxygens (including phenoxy) is 2. The van der Waals surface area contributed by atoms with E-state index in [0.717, 1.165) is 10.9 Å². The molecule has 0 bridgehead atoms. The van der Waals surface area contributed by atoms with Gasteiger partial charge in [-0.15, -0.1) is 11.3 Å². The summed E-state index contributed by atoms with van der Waals surface area (Å²) in [6.45, 7) is 0.0607. The lowest BCUT2D eigenvalue weighted by atomic mass is 10.1. The van der Waals surface area contributed by atoms with Crippen LogP contribution < -0.4 is 0 Å². The molecule has 1 aromatic heterocycles. The Hall–Kier alpha value is -1.39. The van der Waals surface area contributed by atoms with Gasteiger partial charge in [-0.25, -0.2) is 4.79 Å². The van der Waals surface area contributed by atoms with E-state index in [9.17, 15) is 4.79 Å². The summed E-state index contributed by atoms with van der Waals surface area (Å²) in [5, 5.41) is 3.17. The van der Waals surface area contributed by atoms with Gasteiger partial charge >= 0.3 is 5.97 Å². The van der Waals surface area contributed by atoms with Crippen molar-refractivity contribution in [1.29, 1.82) is 0 Å². The number of esters is 1. The average Bonchev–Trinajstić information content (AvgIpc) is 2.84. The fraction of sp³-hybridized carbons (Fsp3) is 0.182. The molecule has 0 N–H and O–H groups in total. The Morgan fingerprint density at radius 1 is 1.33 bits per heavy atom. The van der Waals surface area contributed by atoms with Gasteiger partial charge in [0.25, 0.3) is 0 Å². The fourth-order valence-electron chi connectivity index (χ4n) is 1.68. The molecule has 3 rings (SSSR count). The van der Waals surface area contributed by atoms with Crippen LogP contribution in [0.1, 0.15) is 11.7 Å². The molecular formula is C11H8O3S. The van der Waals surface area contributed by atoms with Gasteiger partial charge in [-0.1, -0.05) is 6.07 Å². The maximum atomic E-state index is 11.3. The predicted molar refractivity (Wildman–Crippen MR) is 56.6 cm³/mol. The van der Waals surface area contributed by atoms with Gasteiger partial charge in [-0.3, -0.25) is 0 Å². The maximum absolute atomic E-state index is 11.3. The first kappa shape index (κ1) is 8.88. The van der Waals surface area contributed by atoms with Crippen LogP contribution in [-0.4, -0.2) is 12.8 Å². The lowest BCUT2D eigenvalue weighted by Gasteiger charge is -2.04. The number of hydrogen-bond donors (Lipinski definition) is 0. The highest BCUT2D eigenvalue weighted by Crippen LogP contribution is 2.28. The first-order valence-corrected chi connectivity index (χ1v) is 5.48. The van der Waals surface area contributed by atoms with E-state index in [4.69, 9.17) is 9.47 Å². The van der Waals surface area contributed by atoms with Gasteiger partial charge in [0.2, 0.25) is 0 Å². The molecule has 1 fully saturated rings. The quantitative estimate of drug-likeness (QED) is 0.692. The maximum Gasteiger partial charge on any atom is 0.342 e. The second kappa shape index (κ2) is 3.32.